The van der Waals surface area contributed by atoms with E-state index in [0.29, 0.717) is 28.5 Å². The lowest BCUT2D eigenvalue weighted by Gasteiger charge is -2.38. The second kappa shape index (κ2) is 15.9. The highest BCUT2D eigenvalue weighted by Gasteiger charge is 2.51. The van der Waals surface area contributed by atoms with Crippen molar-refractivity contribution in [1.82, 2.24) is 14.9 Å². The fraction of sp³-hybridized carbons (Fsp3) is 0.406. The minimum absolute atomic E-state index is 0.199. The van der Waals surface area contributed by atoms with E-state index in [0.717, 1.165) is 12.7 Å². The maximum atomic E-state index is 14.5. The number of nitrogens with zero attached hydrogens (tertiary/aromatic N) is 2. The molecule has 2 amide bonds. The highest BCUT2D eigenvalue weighted by Crippen LogP contribution is 2.25. The number of carbonyl (C=O) groups is 4. The second-order valence-electron chi connectivity index (χ2n) is 11.1. The highest BCUT2D eigenvalue weighted by atomic mass is 16.5. The first-order chi connectivity index (χ1) is 21.4. The first-order valence-corrected chi connectivity index (χ1v) is 14.6. The molecule has 0 bridgehead atoms. The number of ether oxygens (including phenoxy) is 2. The molecule has 0 aliphatic carbocycles. The number of imide groups is 1. The molecule has 2 unspecified atom stereocenters. The van der Waals surface area contributed by atoms with Crippen molar-refractivity contribution in [3.63, 3.8) is 0 Å². The molecule has 0 fully saturated rings. The zero-order chi connectivity index (χ0) is 33.1. The Bertz CT molecular complexity index is 1420. The number of carbonyl (C=O) groups excluding carboxylic acids is 4. The molecule has 0 saturated heterocycles. The summed E-state index contributed by atoms with van der Waals surface area (Å²) in [4.78, 5) is 62.8. The average molecular weight is 623 g/mol. The molecule has 0 saturated carbocycles. The number of hydrogen-bond acceptors (Lipinski definition) is 11. The van der Waals surface area contributed by atoms with Gasteiger partial charge in [-0.15, -0.1) is 0 Å². The number of para-hydroxylation sites is 1. The molecule has 1 aromatic heterocycles. The van der Waals surface area contributed by atoms with Gasteiger partial charge in [0.25, 0.3) is 5.91 Å². The quantitative estimate of drug-likeness (QED) is 0.0867. The van der Waals surface area contributed by atoms with E-state index in [2.05, 4.69) is 9.97 Å². The Balaban J connectivity index is 1.98. The molecule has 1 heterocycles. The van der Waals surface area contributed by atoms with Crippen LogP contribution in [0.3, 0.4) is 0 Å². The number of nitrogen functional groups attached to an aromatic ring is 1. The number of H-pyrrole nitrogens is 1. The van der Waals surface area contributed by atoms with Crippen LogP contribution in [0, 0.1) is 5.92 Å². The molecule has 3 rings (SSSR count). The van der Waals surface area contributed by atoms with Crippen molar-refractivity contribution in [3.05, 3.63) is 78.4 Å². The zero-order valence-electron chi connectivity index (χ0n) is 25.7. The normalized spacial score (nSPS) is 15.2. The molecule has 5 atom stereocenters. The molecular formula is C32H42N6O7. The first-order valence-electron chi connectivity index (χ1n) is 14.6. The van der Waals surface area contributed by atoms with Crippen molar-refractivity contribution in [2.45, 2.75) is 63.3 Å². The molecule has 0 spiro atoms. The standard InChI is InChI=1S/C32H42N6O7/c1-4-20(2)29(30(42)44-3)38(28(41)15-26(39)25(34)14-21-10-12-22(33)13-11-21)31(43)32(35,16-23-17-36-19-37-23)27(40)18-45-24-8-6-5-7-9-24/h5-13,17,19-20,25-26,29,39H,4,14-16,18,33-35H2,1-3H3,(H,36,37)/t20?,25-,26?,29-,32+/m0/s1. The summed E-state index contributed by atoms with van der Waals surface area (Å²) in [7, 11) is 1.13. The fourth-order valence-electron chi connectivity index (χ4n) is 4.81. The molecule has 242 valence electrons. The Hall–Kier alpha value is -4.59. The van der Waals surface area contributed by atoms with Crippen LogP contribution in [0.1, 0.15) is 37.9 Å². The zero-order valence-corrected chi connectivity index (χ0v) is 25.7. The SMILES string of the molecule is CCC(C)[C@@H](C(=O)OC)N(C(=O)CC(O)[C@@H](N)Cc1ccc(N)cc1)C(=O)[C@@](N)(Cc1cnc[nH]1)C(=O)COc1ccccc1. The van der Waals surface area contributed by atoms with Gasteiger partial charge in [-0.05, 0) is 42.2 Å². The lowest BCUT2D eigenvalue weighted by atomic mass is 9.86. The summed E-state index contributed by atoms with van der Waals surface area (Å²) in [6, 6.07) is 12.9. The number of aliphatic hydroxyl groups is 1. The molecule has 2 aromatic carbocycles. The smallest absolute Gasteiger partial charge is 0.329 e. The Morgan fingerprint density at radius 1 is 1.09 bits per heavy atom. The van der Waals surface area contributed by atoms with E-state index in [4.69, 9.17) is 26.7 Å². The van der Waals surface area contributed by atoms with Crippen molar-refractivity contribution in [1.29, 1.82) is 0 Å². The van der Waals surface area contributed by atoms with Crippen molar-refractivity contribution < 1.29 is 33.8 Å². The van der Waals surface area contributed by atoms with Gasteiger partial charge in [0.2, 0.25) is 5.91 Å². The summed E-state index contributed by atoms with van der Waals surface area (Å²) < 4.78 is 10.6. The number of methoxy groups -OCH3 is 1. The number of aromatic amines is 1. The van der Waals surface area contributed by atoms with Gasteiger partial charge in [-0.1, -0.05) is 50.6 Å². The van der Waals surface area contributed by atoms with Crippen LogP contribution in [0.25, 0.3) is 0 Å². The van der Waals surface area contributed by atoms with Gasteiger partial charge in [0.1, 0.15) is 18.4 Å². The maximum Gasteiger partial charge on any atom is 0.329 e. The molecule has 13 heteroatoms. The Labute approximate surface area is 262 Å². The largest absolute Gasteiger partial charge is 0.486 e. The van der Waals surface area contributed by atoms with Gasteiger partial charge in [0, 0.05) is 30.0 Å². The van der Waals surface area contributed by atoms with Gasteiger partial charge in [-0.25, -0.2) is 9.78 Å². The Kier molecular flexibility index (Phi) is 12.4. The first kappa shape index (κ1) is 34.9. The number of ketones is 1. The van der Waals surface area contributed by atoms with E-state index in [1.54, 1.807) is 68.4 Å². The third-order valence-corrected chi connectivity index (χ3v) is 7.74. The number of hydrogen-bond donors (Lipinski definition) is 5. The van der Waals surface area contributed by atoms with Crippen LogP contribution in [-0.2, 0) is 36.8 Å². The number of benzene rings is 2. The van der Waals surface area contributed by atoms with Gasteiger partial charge in [0.15, 0.2) is 11.3 Å². The number of aliphatic hydroxyl groups excluding tert-OH is 1. The van der Waals surface area contributed by atoms with Crippen molar-refractivity contribution in [3.8, 4) is 5.75 Å². The van der Waals surface area contributed by atoms with Crippen molar-refractivity contribution in [2.75, 3.05) is 19.5 Å². The number of rotatable bonds is 16. The van der Waals surface area contributed by atoms with Crippen LogP contribution in [-0.4, -0.2) is 81.0 Å². The summed E-state index contributed by atoms with van der Waals surface area (Å²) in [5.74, 6) is -4.08. The Morgan fingerprint density at radius 2 is 1.76 bits per heavy atom. The van der Waals surface area contributed by atoms with Crippen LogP contribution < -0.4 is 21.9 Å². The number of anilines is 1. The number of nitrogens with two attached hydrogens (primary N) is 3. The summed E-state index contributed by atoms with van der Waals surface area (Å²) in [5.41, 5.74) is 17.9. The van der Waals surface area contributed by atoms with Gasteiger partial charge >= 0.3 is 5.97 Å². The number of imidazole rings is 1. The maximum absolute atomic E-state index is 14.5. The topological polar surface area (TPSA) is 217 Å². The van der Waals surface area contributed by atoms with E-state index in [1.807, 2.05) is 0 Å². The predicted octanol–water partition coefficient (Wildman–Crippen LogP) is 1.14. The lowest BCUT2D eigenvalue weighted by Crippen LogP contribution is -2.67. The molecule has 0 aliphatic heterocycles. The van der Waals surface area contributed by atoms with Gasteiger partial charge in [-0.2, -0.15) is 0 Å². The van der Waals surface area contributed by atoms with Crippen LogP contribution in [0.15, 0.2) is 67.1 Å². The number of nitrogens with one attached hydrogen (secondary N) is 1. The van der Waals surface area contributed by atoms with Crippen LogP contribution >= 0.6 is 0 Å². The van der Waals surface area contributed by atoms with Gasteiger partial charge in [-0.3, -0.25) is 19.3 Å². The molecular weight excluding hydrogens is 580 g/mol. The van der Waals surface area contributed by atoms with E-state index < -0.39 is 66.2 Å². The fourth-order valence-corrected chi connectivity index (χ4v) is 4.81. The molecule has 45 heavy (non-hydrogen) atoms. The minimum Gasteiger partial charge on any atom is -0.486 e. The number of aromatic nitrogens is 2. The number of amides is 2. The van der Waals surface area contributed by atoms with Gasteiger partial charge < -0.3 is 36.8 Å². The second-order valence-corrected chi connectivity index (χ2v) is 11.1. The highest BCUT2D eigenvalue weighted by molar-refractivity contribution is 6.16. The van der Waals surface area contributed by atoms with Crippen molar-refractivity contribution in [2.24, 2.45) is 17.4 Å². The van der Waals surface area contributed by atoms with Crippen LogP contribution in [0.4, 0.5) is 5.69 Å². The molecule has 3 aromatic rings. The van der Waals surface area contributed by atoms with Crippen LogP contribution in [0.2, 0.25) is 0 Å². The molecule has 0 radical (unpaired) electrons. The van der Waals surface area contributed by atoms with Crippen molar-refractivity contribution >= 4 is 29.3 Å². The van der Waals surface area contributed by atoms with E-state index in [1.165, 1.54) is 12.5 Å². The summed E-state index contributed by atoms with van der Waals surface area (Å²) in [6.07, 6.45) is 0.851. The third kappa shape index (κ3) is 8.97. The molecule has 8 N–H and O–H groups in total. The van der Waals surface area contributed by atoms with Crippen LogP contribution in [0.5, 0.6) is 5.75 Å². The monoisotopic (exact) mass is 622 g/mol. The summed E-state index contributed by atoms with van der Waals surface area (Å²) in [5, 5.41) is 11.0. The van der Waals surface area contributed by atoms with E-state index >= 15 is 0 Å². The molecule has 13 nitrogen and oxygen atoms in total. The molecule has 0 aliphatic rings. The van der Waals surface area contributed by atoms with E-state index in [9.17, 15) is 24.3 Å². The number of Topliss-reactive ketones (excluding diaryl/α,β-unsaturated/α-hetero) is 1. The minimum atomic E-state index is -2.38. The number of esters is 1. The van der Waals surface area contributed by atoms with Gasteiger partial charge in [0.05, 0.1) is 26.0 Å². The Morgan fingerprint density at radius 3 is 2.33 bits per heavy atom. The van der Waals surface area contributed by atoms with E-state index in [-0.39, 0.29) is 12.8 Å². The lowest BCUT2D eigenvalue weighted by molar-refractivity contribution is -0.166. The third-order valence-electron chi connectivity index (χ3n) is 7.74. The summed E-state index contributed by atoms with van der Waals surface area (Å²) >= 11 is 0. The predicted molar refractivity (Wildman–Crippen MR) is 166 cm³/mol. The average Bonchev–Trinajstić information content (AvgIpc) is 3.55. The summed E-state index contributed by atoms with van der Waals surface area (Å²) in [6.45, 7) is 2.82.